The summed E-state index contributed by atoms with van der Waals surface area (Å²) in [4.78, 5) is 0. The Morgan fingerprint density at radius 2 is 2.07 bits per heavy atom. The second kappa shape index (κ2) is 4.32. The first kappa shape index (κ1) is 11.5. The van der Waals surface area contributed by atoms with Crippen molar-refractivity contribution in [2.45, 2.75) is 25.8 Å². The van der Waals surface area contributed by atoms with Gasteiger partial charge in [-0.2, -0.15) is 0 Å². The highest BCUT2D eigenvalue weighted by molar-refractivity contribution is 9.10. The molecule has 0 radical (unpaired) electrons. The minimum atomic E-state index is -0.225. The summed E-state index contributed by atoms with van der Waals surface area (Å²) in [6.45, 7) is 4.01. The van der Waals surface area contributed by atoms with Crippen LogP contribution in [-0.4, -0.2) is 12.6 Å². The van der Waals surface area contributed by atoms with Gasteiger partial charge in [-0.15, -0.1) is 0 Å². The van der Waals surface area contributed by atoms with E-state index in [4.69, 9.17) is 10.5 Å². The monoisotopic (exact) mass is 257 g/mol. The summed E-state index contributed by atoms with van der Waals surface area (Å²) in [7, 11) is 1.68. The molecule has 0 heterocycles. The van der Waals surface area contributed by atoms with Crippen LogP contribution in [0.1, 0.15) is 19.4 Å². The molecule has 0 aliphatic rings. The fourth-order valence-corrected chi connectivity index (χ4v) is 1.85. The van der Waals surface area contributed by atoms with E-state index in [1.54, 1.807) is 7.11 Å². The fourth-order valence-electron chi connectivity index (χ4n) is 1.36. The van der Waals surface area contributed by atoms with E-state index in [2.05, 4.69) is 15.9 Å². The molecule has 0 spiro atoms. The number of hydrogen-bond acceptors (Lipinski definition) is 2. The van der Waals surface area contributed by atoms with Crippen molar-refractivity contribution < 1.29 is 4.74 Å². The third-order valence-corrected chi connectivity index (χ3v) is 2.67. The lowest BCUT2D eigenvalue weighted by Crippen LogP contribution is -2.34. The van der Waals surface area contributed by atoms with Crippen LogP contribution in [0.3, 0.4) is 0 Å². The molecule has 0 saturated heterocycles. The van der Waals surface area contributed by atoms with Gasteiger partial charge in [0.05, 0.1) is 7.11 Å². The van der Waals surface area contributed by atoms with Crippen LogP contribution in [0.4, 0.5) is 0 Å². The highest BCUT2D eigenvalue weighted by Crippen LogP contribution is 2.29. The Morgan fingerprint density at radius 3 is 2.57 bits per heavy atom. The molecule has 0 bridgehead atoms. The van der Waals surface area contributed by atoms with E-state index in [0.717, 1.165) is 22.2 Å². The van der Waals surface area contributed by atoms with Crippen molar-refractivity contribution in [1.29, 1.82) is 0 Å². The van der Waals surface area contributed by atoms with E-state index in [-0.39, 0.29) is 5.54 Å². The van der Waals surface area contributed by atoms with Gasteiger partial charge in [0, 0.05) is 15.6 Å². The van der Waals surface area contributed by atoms with Gasteiger partial charge in [0.2, 0.25) is 0 Å². The highest BCUT2D eigenvalue weighted by Gasteiger charge is 2.16. The van der Waals surface area contributed by atoms with Crippen molar-refractivity contribution in [2.75, 3.05) is 7.11 Å². The second-order valence-corrected chi connectivity index (χ2v) is 4.94. The Kier molecular flexibility index (Phi) is 3.56. The number of hydrogen-bond donors (Lipinski definition) is 1. The van der Waals surface area contributed by atoms with E-state index in [1.807, 2.05) is 32.0 Å². The maximum atomic E-state index is 5.98. The summed E-state index contributed by atoms with van der Waals surface area (Å²) in [6, 6.07) is 5.91. The second-order valence-electron chi connectivity index (χ2n) is 4.09. The summed E-state index contributed by atoms with van der Waals surface area (Å²) < 4.78 is 6.34. The van der Waals surface area contributed by atoms with Crippen LogP contribution < -0.4 is 10.5 Å². The van der Waals surface area contributed by atoms with Crippen molar-refractivity contribution in [3.63, 3.8) is 0 Å². The van der Waals surface area contributed by atoms with Crippen LogP contribution in [0.25, 0.3) is 0 Å². The molecular weight excluding hydrogens is 242 g/mol. The number of methoxy groups -OCH3 is 1. The molecule has 1 aromatic rings. The van der Waals surface area contributed by atoms with E-state index < -0.39 is 0 Å². The van der Waals surface area contributed by atoms with Gasteiger partial charge < -0.3 is 10.5 Å². The smallest absolute Gasteiger partial charge is 0.123 e. The van der Waals surface area contributed by atoms with Crippen molar-refractivity contribution >= 4 is 15.9 Å². The molecule has 0 amide bonds. The molecule has 2 nitrogen and oxygen atoms in total. The van der Waals surface area contributed by atoms with Crippen molar-refractivity contribution in [3.05, 3.63) is 28.2 Å². The lowest BCUT2D eigenvalue weighted by molar-refractivity contribution is 0.401. The van der Waals surface area contributed by atoms with Gasteiger partial charge in [-0.25, -0.2) is 0 Å². The number of rotatable bonds is 3. The molecular formula is C11H16BrNO. The molecule has 14 heavy (non-hydrogen) atoms. The Hall–Kier alpha value is -0.540. The van der Waals surface area contributed by atoms with Gasteiger partial charge in [0.25, 0.3) is 0 Å². The van der Waals surface area contributed by atoms with E-state index >= 15 is 0 Å². The van der Waals surface area contributed by atoms with E-state index in [0.29, 0.717) is 0 Å². The number of halogens is 1. The predicted octanol–water partition coefficient (Wildman–Crippen LogP) is 2.74. The van der Waals surface area contributed by atoms with Gasteiger partial charge in [-0.05, 0) is 32.4 Å². The van der Waals surface area contributed by atoms with Gasteiger partial charge in [0.1, 0.15) is 5.75 Å². The molecule has 0 aliphatic carbocycles. The first-order valence-corrected chi connectivity index (χ1v) is 5.33. The van der Waals surface area contributed by atoms with Gasteiger partial charge in [0.15, 0.2) is 0 Å². The standard InChI is InChI=1S/C11H16BrNO/c1-11(2,13)7-8-9(12)5-4-6-10(8)14-3/h4-6H,7,13H2,1-3H3. The third-order valence-electron chi connectivity index (χ3n) is 1.93. The zero-order valence-electron chi connectivity index (χ0n) is 8.80. The summed E-state index contributed by atoms with van der Waals surface area (Å²) in [5.41, 5.74) is 6.89. The minimum Gasteiger partial charge on any atom is -0.496 e. The predicted molar refractivity (Wildman–Crippen MR) is 62.7 cm³/mol. The van der Waals surface area contributed by atoms with Crippen LogP contribution >= 0.6 is 15.9 Å². The highest BCUT2D eigenvalue weighted by atomic mass is 79.9. The SMILES string of the molecule is COc1cccc(Br)c1CC(C)(C)N. The minimum absolute atomic E-state index is 0.225. The molecule has 0 atom stereocenters. The van der Waals surface area contributed by atoms with Gasteiger partial charge in [-0.1, -0.05) is 22.0 Å². The maximum Gasteiger partial charge on any atom is 0.123 e. The average molecular weight is 258 g/mol. The number of nitrogens with two attached hydrogens (primary N) is 1. The molecule has 1 aromatic carbocycles. The van der Waals surface area contributed by atoms with E-state index in [9.17, 15) is 0 Å². The average Bonchev–Trinajstić information content (AvgIpc) is 2.06. The Morgan fingerprint density at radius 1 is 1.43 bits per heavy atom. The molecule has 3 heteroatoms. The Labute approximate surface area is 93.6 Å². The molecule has 2 N–H and O–H groups in total. The summed E-state index contributed by atoms with van der Waals surface area (Å²) in [5.74, 6) is 0.887. The van der Waals surface area contributed by atoms with Crippen molar-refractivity contribution in [3.8, 4) is 5.75 Å². The van der Waals surface area contributed by atoms with Crippen LogP contribution in [0.5, 0.6) is 5.75 Å². The topological polar surface area (TPSA) is 35.2 Å². The van der Waals surface area contributed by atoms with Gasteiger partial charge >= 0.3 is 0 Å². The molecule has 0 unspecified atom stereocenters. The lowest BCUT2D eigenvalue weighted by Gasteiger charge is -2.21. The third kappa shape index (κ3) is 3.00. The summed E-state index contributed by atoms with van der Waals surface area (Å²) in [6.07, 6.45) is 0.789. The van der Waals surface area contributed by atoms with Gasteiger partial charge in [-0.3, -0.25) is 0 Å². The molecule has 0 fully saturated rings. The van der Waals surface area contributed by atoms with Crippen LogP contribution in [-0.2, 0) is 6.42 Å². The maximum absolute atomic E-state index is 5.98. The largest absolute Gasteiger partial charge is 0.496 e. The lowest BCUT2D eigenvalue weighted by atomic mass is 9.96. The van der Waals surface area contributed by atoms with Crippen molar-refractivity contribution in [2.24, 2.45) is 5.73 Å². The number of benzene rings is 1. The van der Waals surface area contributed by atoms with E-state index in [1.165, 1.54) is 0 Å². The zero-order chi connectivity index (χ0) is 10.8. The molecule has 0 saturated carbocycles. The quantitative estimate of drug-likeness (QED) is 0.904. The molecule has 0 aliphatic heterocycles. The summed E-state index contributed by atoms with van der Waals surface area (Å²) in [5, 5.41) is 0. The Bertz CT molecular complexity index is 318. The first-order chi connectivity index (χ1) is 6.44. The van der Waals surface area contributed by atoms with Crippen LogP contribution in [0, 0.1) is 0 Å². The molecule has 0 aromatic heterocycles. The zero-order valence-corrected chi connectivity index (χ0v) is 10.4. The first-order valence-electron chi connectivity index (χ1n) is 4.54. The van der Waals surface area contributed by atoms with Crippen LogP contribution in [0.15, 0.2) is 22.7 Å². The van der Waals surface area contributed by atoms with Crippen molar-refractivity contribution in [1.82, 2.24) is 0 Å². The van der Waals surface area contributed by atoms with Crippen LogP contribution in [0.2, 0.25) is 0 Å². The summed E-state index contributed by atoms with van der Waals surface area (Å²) >= 11 is 3.51. The fraction of sp³-hybridized carbons (Fsp3) is 0.455. The number of ether oxygens (including phenoxy) is 1. The molecule has 78 valence electrons. The molecule has 1 rings (SSSR count). The normalized spacial score (nSPS) is 11.5. The Balaban J connectivity index is 3.05.